The van der Waals surface area contributed by atoms with Gasteiger partial charge in [-0.1, -0.05) is 41.9 Å². The minimum absolute atomic E-state index is 0.00120. The zero-order valence-corrected chi connectivity index (χ0v) is 16.1. The highest BCUT2D eigenvalue weighted by atomic mass is 35.5. The molecule has 0 bridgehead atoms. The first-order valence-electron chi connectivity index (χ1n) is 8.88. The summed E-state index contributed by atoms with van der Waals surface area (Å²) in [6.45, 7) is 0. The molecule has 0 aliphatic rings. The summed E-state index contributed by atoms with van der Waals surface area (Å²) >= 11 is 6.03. The van der Waals surface area contributed by atoms with Crippen molar-refractivity contribution in [1.29, 1.82) is 0 Å². The molecule has 0 atom stereocenters. The fraction of sp³-hybridized carbons (Fsp3) is 0. The van der Waals surface area contributed by atoms with Crippen LogP contribution in [0.5, 0.6) is 5.75 Å². The lowest BCUT2D eigenvalue weighted by molar-refractivity contribution is 0.0729. The van der Waals surface area contributed by atoms with E-state index >= 15 is 0 Å². The number of nitrogens with zero attached hydrogens (tertiary/aromatic N) is 1. The number of aromatic nitrogens is 2. The number of rotatable bonds is 4. The standard InChI is InChI=1S/C22H14ClN3O4/c23-18-8-4-3-7-17(18)20(27)24-13-9-11-14(12-10-13)30-22(29)19-15-5-1-2-6-16(15)21(28)26-25-19/h1-12H,(H,24,27)(H,26,28). The monoisotopic (exact) mass is 419 g/mol. The summed E-state index contributed by atoms with van der Waals surface area (Å²) in [6.07, 6.45) is 0. The number of amides is 1. The molecule has 0 fully saturated rings. The molecule has 7 nitrogen and oxygen atoms in total. The van der Waals surface area contributed by atoms with E-state index in [1.54, 1.807) is 60.7 Å². The number of anilines is 1. The smallest absolute Gasteiger partial charge is 0.364 e. The number of hydrogen-bond donors (Lipinski definition) is 2. The van der Waals surface area contributed by atoms with Crippen LogP contribution in [0.4, 0.5) is 5.69 Å². The Morgan fingerprint density at radius 1 is 0.900 bits per heavy atom. The Kier molecular flexibility index (Phi) is 5.28. The number of aromatic amines is 1. The lowest BCUT2D eigenvalue weighted by Gasteiger charge is -2.09. The Hall–Kier alpha value is -3.97. The summed E-state index contributed by atoms with van der Waals surface area (Å²) in [5, 5.41) is 9.93. The third kappa shape index (κ3) is 3.92. The number of H-pyrrole nitrogens is 1. The van der Waals surface area contributed by atoms with E-state index in [0.717, 1.165) is 0 Å². The van der Waals surface area contributed by atoms with E-state index in [9.17, 15) is 14.4 Å². The van der Waals surface area contributed by atoms with Crippen LogP contribution < -0.4 is 15.6 Å². The topological polar surface area (TPSA) is 101 Å². The van der Waals surface area contributed by atoms with Gasteiger partial charge < -0.3 is 10.1 Å². The number of fused-ring (bicyclic) bond motifs is 1. The number of halogens is 1. The van der Waals surface area contributed by atoms with Gasteiger partial charge in [0.1, 0.15) is 5.75 Å². The van der Waals surface area contributed by atoms with Crippen LogP contribution in [0.15, 0.2) is 77.6 Å². The van der Waals surface area contributed by atoms with Crippen LogP contribution in [-0.2, 0) is 0 Å². The molecular formula is C22H14ClN3O4. The summed E-state index contributed by atoms with van der Waals surface area (Å²) < 4.78 is 5.35. The Labute approximate surface area is 175 Å². The van der Waals surface area contributed by atoms with Gasteiger partial charge in [0.05, 0.1) is 16.0 Å². The molecule has 0 unspecified atom stereocenters. The number of ether oxygens (including phenoxy) is 1. The van der Waals surface area contributed by atoms with Gasteiger partial charge in [0.15, 0.2) is 5.69 Å². The summed E-state index contributed by atoms with van der Waals surface area (Å²) in [7, 11) is 0. The van der Waals surface area contributed by atoms with Gasteiger partial charge in [0.2, 0.25) is 0 Å². The molecule has 3 aromatic carbocycles. The van der Waals surface area contributed by atoms with Crippen molar-refractivity contribution < 1.29 is 14.3 Å². The molecule has 2 N–H and O–H groups in total. The lowest BCUT2D eigenvalue weighted by atomic mass is 10.1. The van der Waals surface area contributed by atoms with Crippen LogP contribution in [0.3, 0.4) is 0 Å². The predicted molar refractivity (Wildman–Crippen MR) is 113 cm³/mol. The molecule has 0 aliphatic carbocycles. The Bertz CT molecular complexity index is 1320. The zero-order valence-electron chi connectivity index (χ0n) is 15.4. The summed E-state index contributed by atoms with van der Waals surface area (Å²) in [4.78, 5) is 36.7. The molecule has 0 saturated heterocycles. The summed E-state index contributed by atoms with van der Waals surface area (Å²) in [5.41, 5.74) is 0.472. The first kappa shape index (κ1) is 19.4. The summed E-state index contributed by atoms with van der Waals surface area (Å²) in [5.74, 6) is -0.808. The molecule has 4 rings (SSSR count). The zero-order chi connectivity index (χ0) is 21.1. The number of benzene rings is 3. The molecule has 4 aromatic rings. The van der Waals surface area contributed by atoms with Crippen LogP contribution in [0, 0.1) is 0 Å². The Morgan fingerprint density at radius 2 is 1.57 bits per heavy atom. The van der Waals surface area contributed by atoms with Crippen molar-refractivity contribution in [3.63, 3.8) is 0 Å². The van der Waals surface area contributed by atoms with Crippen LogP contribution in [0.1, 0.15) is 20.8 Å². The largest absolute Gasteiger partial charge is 0.422 e. The lowest BCUT2D eigenvalue weighted by Crippen LogP contribution is -2.17. The Morgan fingerprint density at radius 3 is 2.30 bits per heavy atom. The highest BCUT2D eigenvalue weighted by Crippen LogP contribution is 2.21. The molecule has 0 radical (unpaired) electrons. The quantitative estimate of drug-likeness (QED) is 0.384. The van der Waals surface area contributed by atoms with E-state index in [0.29, 0.717) is 27.0 Å². The molecule has 1 amide bonds. The van der Waals surface area contributed by atoms with Crippen LogP contribution in [0.25, 0.3) is 10.8 Å². The third-order valence-electron chi connectivity index (χ3n) is 4.33. The van der Waals surface area contributed by atoms with E-state index in [1.165, 1.54) is 12.1 Å². The highest BCUT2D eigenvalue weighted by Gasteiger charge is 2.16. The minimum atomic E-state index is -0.713. The van der Waals surface area contributed by atoms with Gasteiger partial charge in [-0.3, -0.25) is 9.59 Å². The molecule has 1 aromatic heterocycles. The van der Waals surface area contributed by atoms with E-state index in [4.69, 9.17) is 16.3 Å². The maximum Gasteiger partial charge on any atom is 0.364 e. The van der Waals surface area contributed by atoms with Crippen molar-refractivity contribution in [2.45, 2.75) is 0 Å². The predicted octanol–water partition coefficient (Wildman–Crippen LogP) is 4.05. The van der Waals surface area contributed by atoms with E-state index in [1.807, 2.05) is 0 Å². The van der Waals surface area contributed by atoms with Crippen molar-refractivity contribution in [3.8, 4) is 5.75 Å². The van der Waals surface area contributed by atoms with Crippen molar-refractivity contribution in [2.75, 3.05) is 5.32 Å². The maximum atomic E-state index is 12.5. The molecule has 0 aliphatic heterocycles. The van der Waals surface area contributed by atoms with Crippen molar-refractivity contribution in [2.24, 2.45) is 0 Å². The van der Waals surface area contributed by atoms with Gasteiger partial charge >= 0.3 is 5.97 Å². The molecule has 30 heavy (non-hydrogen) atoms. The average Bonchev–Trinajstić information content (AvgIpc) is 2.76. The number of esters is 1. The van der Waals surface area contributed by atoms with Crippen LogP contribution in [-0.4, -0.2) is 22.1 Å². The Balaban J connectivity index is 1.50. The molecule has 8 heteroatoms. The number of hydrogen-bond acceptors (Lipinski definition) is 5. The SMILES string of the molecule is O=C(Nc1ccc(OC(=O)c2n[nH]c(=O)c3ccccc23)cc1)c1ccccc1Cl. The molecule has 0 spiro atoms. The first-order chi connectivity index (χ1) is 14.5. The minimum Gasteiger partial charge on any atom is -0.422 e. The fourth-order valence-corrected chi connectivity index (χ4v) is 3.10. The number of nitrogens with one attached hydrogen (secondary N) is 2. The van der Waals surface area contributed by atoms with E-state index in [2.05, 4.69) is 15.5 Å². The van der Waals surface area contributed by atoms with Crippen molar-refractivity contribution in [1.82, 2.24) is 10.2 Å². The number of carbonyl (C=O) groups is 2. The molecule has 0 saturated carbocycles. The van der Waals surface area contributed by atoms with Crippen molar-refractivity contribution >= 4 is 39.9 Å². The van der Waals surface area contributed by atoms with Gasteiger partial charge in [-0.2, -0.15) is 5.10 Å². The molecule has 1 heterocycles. The second kappa shape index (κ2) is 8.18. The van der Waals surface area contributed by atoms with Crippen molar-refractivity contribution in [3.05, 3.63) is 99.4 Å². The van der Waals surface area contributed by atoms with E-state index < -0.39 is 5.97 Å². The van der Waals surface area contributed by atoms with Gasteiger partial charge in [-0.15, -0.1) is 0 Å². The van der Waals surface area contributed by atoms with E-state index in [-0.39, 0.29) is 22.9 Å². The average molecular weight is 420 g/mol. The molecular weight excluding hydrogens is 406 g/mol. The summed E-state index contributed by atoms with van der Waals surface area (Å²) in [6, 6.07) is 19.6. The van der Waals surface area contributed by atoms with Gasteiger partial charge in [0.25, 0.3) is 11.5 Å². The molecule has 148 valence electrons. The third-order valence-corrected chi connectivity index (χ3v) is 4.66. The van der Waals surface area contributed by atoms with Crippen LogP contribution in [0.2, 0.25) is 5.02 Å². The second-order valence-corrected chi connectivity index (χ2v) is 6.70. The second-order valence-electron chi connectivity index (χ2n) is 6.29. The van der Waals surface area contributed by atoms with Gasteiger partial charge in [0, 0.05) is 11.1 Å². The highest BCUT2D eigenvalue weighted by molar-refractivity contribution is 6.34. The number of carbonyl (C=O) groups excluding carboxylic acids is 2. The fourth-order valence-electron chi connectivity index (χ4n) is 2.88. The van der Waals surface area contributed by atoms with Crippen LogP contribution >= 0.6 is 11.6 Å². The first-order valence-corrected chi connectivity index (χ1v) is 9.26. The normalized spacial score (nSPS) is 10.6. The maximum absolute atomic E-state index is 12.5. The van der Waals surface area contributed by atoms with Gasteiger partial charge in [-0.25, -0.2) is 9.89 Å². The van der Waals surface area contributed by atoms with Gasteiger partial charge in [-0.05, 0) is 42.5 Å².